The van der Waals surface area contributed by atoms with E-state index in [1.54, 1.807) is 21.9 Å². The predicted molar refractivity (Wildman–Crippen MR) is 134 cm³/mol. The van der Waals surface area contributed by atoms with Crippen LogP contribution in [0.15, 0.2) is 29.4 Å². The Morgan fingerprint density at radius 3 is 2.41 bits per heavy atom. The molecule has 2 heterocycles. The molecular formula is C22H26Cl4N4O3S. The van der Waals surface area contributed by atoms with Gasteiger partial charge in [0, 0.05) is 37.1 Å². The number of amides is 1. The summed E-state index contributed by atoms with van der Waals surface area (Å²) in [7, 11) is -4.22. The second kappa shape index (κ2) is 10.9. The number of nitrogens with zero attached hydrogens (tertiary/aromatic N) is 3. The summed E-state index contributed by atoms with van der Waals surface area (Å²) in [6.07, 6.45) is 9.07. The smallest absolute Gasteiger partial charge is 0.244 e. The third-order valence-corrected chi connectivity index (χ3v) is 9.68. The standard InChI is InChI=1S/C22H26Cl4N4O3S/c23-16-11-17(24)20(18(25)12-16)34(32,33)28-19(6-9-29-10-7-27-22(29)26)21(31)30-8-5-14-3-1-2-4-15(14)13-30/h7,10-12,14-15,19,28H,1-6,8-9,13H2/t14-,15-,19?/m0/s1. The van der Waals surface area contributed by atoms with E-state index < -0.39 is 16.1 Å². The summed E-state index contributed by atoms with van der Waals surface area (Å²) in [6.45, 7) is 1.57. The van der Waals surface area contributed by atoms with Gasteiger partial charge in [-0.15, -0.1) is 0 Å². The number of fused-ring (bicyclic) bond motifs is 1. The molecule has 1 aliphatic carbocycles. The van der Waals surface area contributed by atoms with Crippen LogP contribution in [0.4, 0.5) is 0 Å². The molecule has 0 spiro atoms. The Morgan fingerprint density at radius 2 is 1.76 bits per heavy atom. The SMILES string of the molecule is O=C(C(CCn1ccnc1Cl)NS(=O)(=O)c1c(Cl)cc(Cl)cc1Cl)N1CC[C@@H]2CCCC[C@H]2C1. The molecule has 1 aromatic heterocycles. The lowest BCUT2D eigenvalue weighted by Gasteiger charge is -2.42. The fourth-order valence-corrected chi connectivity index (χ4v) is 8.00. The molecule has 186 valence electrons. The Balaban J connectivity index is 1.57. The molecule has 1 unspecified atom stereocenters. The molecular weight excluding hydrogens is 542 g/mol. The lowest BCUT2D eigenvalue weighted by Crippen LogP contribution is -2.53. The van der Waals surface area contributed by atoms with Crippen LogP contribution in [-0.2, 0) is 21.4 Å². The van der Waals surface area contributed by atoms with E-state index >= 15 is 0 Å². The Hall–Kier alpha value is -1.03. The maximum Gasteiger partial charge on any atom is 0.244 e. The van der Waals surface area contributed by atoms with Gasteiger partial charge in [0.1, 0.15) is 10.9 Å². The molecule has 0 bridgehead atoms. The molecule has 7 nitrogen and oxygen atoms in total. The van der Waals surface area contributed by atoms with Gasteiger partial charge >= 0.3 is 0 Å². The average molecular weight is 568 g/mol. The maximum absolute atomic E-state index is 13.6. The molecule has 2 aliphatic rings. The molecule has 34 heavy (non-hydrogen) atoms. The Kier molecular flexibility index (Phi) is 8.37. The number of likely N-dealkylation sites (tertiary alicyclic amines) is 1. The molecule has 2 fully saturated rings. The highest BCUT2D eigenvalue weighted by molar-refractivity contribution is 7.89. The number of aromatic nitrogens is 2. The van der Waals surface area contributed by atoms with Crippen LogP contribution in [0.25, 0.3) is 0 Å². The van der Waals surface area contributed by atoms with Crippen LogP contribution in [-0.4, -0.2) is 47.9 Å². The number of imidazole rings is 1. The summed E-state index contributed by atoms with van der Waals surface area (Å²) < 4.78 is 30.8. The molecule has 0 radical (unpaired) electrons. The molecule has 2 aromatic rings. The molecule has 1 saturated carbocycles. The van der Waals surface area contributed by atoms with Crippen LogP contribution >= 0.6 is 46.4 Å². The van der Waals surface area contributed by atoms with Crippen LogP contribution in [0, 0.1) is 11.8 Å². The first-order chi connectivity index (χ1) is 16.2. The zero-order valence-electron chi connectivity index (χ0n) is 18.4. The van der Waals surface area contributed by atoms with E-state index in [2.05, 4.69) is 9.71 Å². The van der Waals surface area contributed by atoms with E-state index in [9.17, 15) is 13.2 Å². The van der Waals surface area contributed by atoms with Gasteiger partial charge in [-0.2, -0.15) is 4.72 Å². The van der Waals surface area contributed by atoms with E-state index in [-0.39, 0.29) is 37.6 Å². The number of rotatable bonds is 7. The summed E-state index contributed by atoms with van der Waals surface area (Å²) in [5, 5.41) is 0.251. The highest BCUT2D eigenvalue weighted by Gasteiger charge is 2.37. The van der Waals surface area contributed by atoms with Gasteiger partial charge in [-0.25, -0.2) is 13.4 Å². The minimum Gasteiger partial charge on any atom is -0.341 e. The van der Waals surface area contributed by atoms with Crippen LogP contribution in [0.3, 0.4) is 0 Å². The summed E-state index contributed by atoms with van der Waals surface area (Å²) in [6, 6.07) is 1.59. The monoisotopic (exact) mass is 566 g/mol. The fraction of sp³-hybridized carbons (Fsp3) is 0.545. The number of nitrogens with one attached hydrogen (secondary N) is 1. The Bertz CT molecular complexity index is 1130. The number of piperidine rings is 1. The van der Waals surface area contributed by atoms with Crippen molar-refractivity contribution in [2.75, 3.05) is 13.1 Å². The van der Waals surface area contributed by atoms with Gasteiger partial charge in [0.05, 0.1) is 10.0 Å². The van der Waals surface area contributed by atoms with Crippen molar-refractivity contribution in [2.24, 2.45) is 11.8 Å². The number of hydrogen-bond donors (Lipinski definition) is 1. The second-order valence-electron chi connectivity index (χ2n) is 8.93. The van der Waals surface area contributed by atoms with Gasteiger partial charge in [-0.3, -0.25) is 4.79 Å². The first-order valence-corrected chi connectivity index (χ1v) is 14.3. The van der Waals surface area contributed by atoms with Crippen molar-refractivity contribution in [1.82, 2.24) is 19.2 Å². The van der Waals surface area contributed by atoms with Crippen molar-refractivity contribution >= 4 is 62.3 Å². The number of carbonyl (C=O) groups is 1. The Labute approximate surface area is 219 Å². The molecule has 1 saturated heterocycles. The van der Waals surface area contributed by atoms with Gasteiger partial charge < -0.3 is 9.47 Å². The lowest BCUT2D eigenvalue weighted by molar-refractivity contribution is -0.136. The number of carbonyl (C=O) groups excluding carboxylic acids is 1. The summed E-state index contributed by atoms with van der Waals surface area (Å²) in [5.74, 6) is 0.848. The van der Waals surface area contributed by atoms with Crippen molar-refractivity contribution < 1.29 is 13.2 Å². The van der Waals surface area contributed by atoms with Crippen molar-refractivity contribution in [3.05, 3.63) is 44.9 Å². The van der Waals surface area contributed by atoms with Crippen molar-refractivity contribution in [3.8, 4) is 0 Å². The first-order valence-electron chi connectivity index (χ1n) is 11.3. The van der Waals surface area contributed by atoms with Crippen molar-refractivity contribution in [2.45, 2.75) is 56.0 Å². The number of halogens is 4. The van der Waals surface area contributed by atoms with E-state index in [0.29, 0.717) is 31.5 Å². The topological polar surface area (TPSA) is 84.3 Å². The average Bonchev–Trinajstić information content (AvgIpc) is 3.19. The zero-order chi connectivity index (χ0) is 24.5. The van der Waals surface area contributed by atoms with Crippen LogP contribution in [0.2, 0.25) is 20.4 Å². The number of benzene rings is 1. The van der Waals surface area contributed by atoms with Crippen molar-refractivity contribution in [1.29, 1.82) is 0 Å². The van der Waals surface area contributed by atoms with E-state index in [0.717, 1.165) is 12.8 Å². The summed E-state index contributed by atoms with van der Waals surface area (Å²) >= 11 is 24.4. The van der Waals surface area contributed by atoms with Crippen LogP contribution < -0.4 is 4.72 Å². The largest absolute Gasteiger partial charge is 0.341 e. The van der Waals surface area contributed by atoms with E-state index in [4.69, 9.17) is 46.4 Å². The number of sulfonamides is 1. The molecule has 1 aliphatic heterocycles. The first kappa shape index (κ1) is 26.0. The molecule has 1 amide bonds. The molecule has 3 atom stereocenters. The third kappa shape index (κ3) is 5.85. The number of aryl methyl sites for hydroxylation is 1. The minimum atomic E-state index is -4.22. The molecule has 12 heteroatoms. The van der Waals surface area contributed by atoms with Gasteiger partial charge in [0.25, 0.3) is 0 Å². The molecule has 4 rings (SSSR count). The predicted octanol–water partition coefficient (Wildman–Crippen LogP) is 5.27. The third-order valence-electron chi connectivity index (χ3n) is 6.75. The second-order valence-corrected chi connectivity index (χ2v) is 12.2. The van der Waals surface area contributed by atoms with Gasteiger partial charge in [0.15, 0.2) is 0 Å². The number of hydrogen-bond acceptors (Lipinski definition) is 4. The quantitative estimate of drug-likeness (QED) is 0.494. The van der Waals surface area contributed by atoms with Crippen LogP contribution in [0.5, 0.6) is 0 Å². The summed E-state index contributed by atoms with van der Waals surface area (Å²) in [5.41, 5.74) is 0. The van der Waals surface area contributed by atoms with Crippen molar-refractivity contribution in [3.63, 3.8) is 0 Å². The molecule has 1 aromatic carbocycles. The maximum atomic E-state index is 13.6. The Morgan fingerprint density at radius 1 is 1.09 bits per heavy atom. The lowest BCUT2D eigenvalue weighted by atomic mass is 9.75. The molecule has 1 N–H and O–H groups in total. The van der Waals surface area contributed by atoms with E-state index in [1.807, 2.05) is 0 Å². The zero-order valence-corrected chi connectivity index (χ0v) is 22.2. The van der Waals surface area contributed by atoms with E-state index in [1.165, 1.54) is 31.4 Å². The van der Waals surface area contributed by atoms with Crippen LogP contribution in [0.1, 0.15) is 38.5 Å². The van der Waals surface area contributed by atoms with Gasteiger partial charge in [0.2, 0.25) is 21.2 Å². The normalized spacial score (nSPS) is 21.8. The highest BCUT2D eigenvalue weighted by Crippen LogP contribution is 2.37. The minimum absolute atomic E-state index is 0.114. The fourth-order valence-electron chi connectivity index (χ4n) is 5.03. The highest BCUT2D eigenvalue weighted by atomic mass is 35.5. The summed E-state index contributed by atoms with van der Waals surface area (Å²) in [4.78, 5) is 19.1. The van der Waals surface area contributed by atoms with Gasteiger partial charge in [-0.05, 0) is 54.8 Å². The van der Waals surface area contributed by atoms with Gasteiger partial charge in [-0.1, -0.05) is 54.1 Å².